The summed E-state index contributed by atoms with van der Waals surface area (Å²) < 4.78 is 0. The Kier molecular flexibility index (Phi) is 8.84. The van der Waals surface area contributed by atoms with Gasteiger partial charge in [-0.05, 0) is 111 Å². The topological polar surface area (TPSA) is 3.24 Å². The maximum Gasteiger partial charge on any atom is 0.0677 e. The van der Waals surface area contributed by atoms with Gasteiger partial charge in [-0.25, -0.2) is 0 Å². The molecule has 0 spiro atoms. The Morgan fingerprint density at radius 1 is 0.456 bits per heavy atom. The van der Waals surface area contributed by atoms with Gasteiger partial charge < -0.3 is 4.90 Å². The molecule has 2 atom stereocenters. The van der Waals surface area contributed by atoms with Crippen molar-refractivity contribution >= 4 is 22.6 Å². The number of allylic oxidation sites excluding steroid dienone is 4. The third kappa shape index (κ3) is 6.13. The summed E-state index contributed by atoms with van der Waals surface area (Å²) in [5.41, 5.74) is 18.4. The number of anilines is 3. The van der Waals surface area contributed by atoms with Gasteiger partial charge in [0.25, 0.3) is 0 Å². The van der Waals surface area contributed by atoms with Gasteiger partial charge in [-0.3, -0.25) is 0 Å². The molecule has 0 radical (unpaired) electrons. The molecule has 0 bridgehead atoms. The number of nitrogens with zero attached hydrogens (tertiary/aromatic N) is 1. The molecule has 1 heteroatoms. The average Bonchev–Trinajstić information content (AvgIpc) is 3.58. The lowest BCUT2D eigenvalue weighted by molar-refractivity contribution is 0.666. The first-order valence-electron chi connectivity index (χ1n) is 20.0. The van der Waals surface area contributed by atoms with Crippen LogP contribution in [0.15, 0.2) is 230 Å². The van der Waals surface area contributed by atoms with Crippen molar-refractivity contribution in [3.05, 3.63) is 263 Å². The quantitative estimate of drug-likeness (QED) is 0.151. The lowest BCUT2D eigenvalue weighted by Gasteiger charge is -2.38. The van der Waals surface area contributed by atoms with Crippen LogP contribution in [0.4, 0.5) is 17.1 Å². The van der Waals surface area contributed by atoms with Crippen molar-refractivity contribution < 1.29 is 0 Å². The zero-order valence-electron chi connectivity index (χ0n) is 32.1. The fourth-order valence-corrected chi connectivity index (χ4v) is 9.26. The number of hydrogen-bond acceptors (Lipinski definition) is 1. The largest absolute Gasteiger partial charge is 0.310 e. The van der Waals surface area contributed by atoms with Crippen LogP contribution in [-0.2, 0) is 5.41 Å². The first-order chi connectivity index (χ1) is 28.2. The molecule has 8 aromatic rings. The Morgan fingerprint density at radius 2 is 0.930 bits per heavy atom. The van der Waals surface area contributed by atoms with Gasteiger partial charge in [0.15, 0.2) is 0 Å². The average molecular weight is 730 g/mol. The van der Waals surface area contributed by atoms with Crippen molar-refractivity contribution in [3.63, 3.8) is 0 Å². The Balaban J connectivity index is 1.17. The normalized spacial score (nSPS) is 16.9. The second-order valence-corrected chi connectivity index (χ2v) is 15.3. The number of rotatable bonds is 8. The second kappa shape index (κ2) is 14.6. The van der Waals surface area contributed by atoms with E-state index in [1.165, 1.54) is 66.8 Å². The van der Waals surface area contributed by atoms with E-state index in [9.17, 15) is 0 Å². The van der Waals surface area contributed by atoms with Crippen LogP contribution in [0.5, 0.6) is 0 Å². The van der Waals surface area contributed by atoms with Crippen LogP contribution in [0.25, 0.3) is 27.8 Å². The number of fused-ring (bicyclic) bond motifs is 2. The molecule has 2 aliphatic carbocycles. The Labute approximate surface area is 336 Å². The molecular weight excluding hydrogens is 687 g/mol. The highest BCUT2D eigenvalue weighted by molar-refractivity contribution is 5.93. The Morgan fingerprint density at radius 3 is 1.49 bits per heavy atom. The predicted molar refractivity (Wildman–Crippen MR) is 239 cm³/mol. The molecule has 0 aliphatic heterocycles. The first kappa shape index (κ1) is 34.5. The number of aryl methyl sites for hydroxylation is 1. The molecule has 0 N–H and O–H groups in total. The summed E-state index contributed by atoms with van der Waals surface area (Å²) >= 11 is 0. The van der Waals surface area contributed by atoms with Gasteiger partial charge in [-0.15, -0.1) is 0 Å². The Hall–Kier alpha value is -6.96. The SMILES string of the molecule is Cc1ccc(C2(c3ccccc3)C3=C(C=CC(c4ccccc4)C3)c3ccc(N(c4ccc(-c5ccccc5)cc4)c4ccc(-c5ccccc5)cc4)cc32)cc1. The highest BCUT2D eigenvalue weighted by Crippen LogP contribution is 2.59. The van der Waals surface area contributed by atoms with Crippen LogP contribution in [-0.4, -0.2) is 0 Å². The molecule has 57 heavy (non-hydrogen) atoms. The summed E-state index contributed by atoms with van der Waals surface area (Å²) in [4.78, 5) is 2.43. The van der Waals surface area contributed by atoms with Crippen molar-refractivity contribution in [1.82, 2.24) is 0 Å². The molecule has 10 rings (SSSR count). The monoisotopic (exact) mass is 729 g/mol. The molecular formula is C56H43N. The molecule has 0 fully saturated rings. The van der Waals surface area contributed by atoms with Gasteiger partial charge >= 0.3 is 0 Å². The fraction of sp³-hybridized carbons (Fsp3) is 0.0714. The lowest BCUT2D eigenvalue weighted by Crippen LogP contribution is -2.31. The van der Waals surface area contributed by atoms with E-state index in [-0.39, 0.29) is 5.92 Å². The minimum Gasteiger partial charge on any atom is -0.310 e. The predicted octanol–water partition coefficient (Wildman–Crippen LogP) is 14.6. The van der Waals surface area contributed by atoms with Crippen LogP contribution in [0.2, 0.25) is 0 Å². The molecule has 2 aliphatic rings. The van der Waals surface area contributed by atoms with Crippen LogP contribution < -0.4 is 4.90 Å². The molecule has 2 unspecified atom stereocenters. The van der Waals surface area contributed by atoms with E-state index in [0.29, 0.717) is 0 Å². The Bertz CT molecular complexity index is 2630. The standard InChI is InChI=1S/C56H43N/c1-40-22-29-48(30-23-40)56(47-20-12-5-13-21-47)54-38-46(43-18-10-4-11-19-43)28-36-52(54)53-37-35-51(39-55(53)56)57(49-31-24-44(25-32-49)41-14-6-2-7-15-41)50-33-26-45(27-34-50)42-16-8-3-9-17-42/h2-37,39,46H,38H2,1H3. The highest BCUT2D eigenvalue weighted by Gasteiger charge is 2.48. The van der Waals surface area contributed by atoms with Crippen LogP contribution in [0, 0.1) is 6.92 Å². The van der Waals surface area contributed by atoms with Crippen molar-refractivity contribution in [2.75, 3.05) is 4.90 Å². The second-order valence-electron chi connectivity index (χ2n) is 15.3. The van der Waals surface area contributed by atoms with Crippen molar-refractivity contribution in [2.24, 2.45) is 0 Å². The molecule has 0 saturated carbocycles. The van der Waals surface area contributed by atoms with Gasteiger partial charge in [0.1, 0.15) is 0 Å². The summed E-state index contributed by atoms with van der Waals surface area (Å²) in [6.45, 7) is 2.18. The lowest BCUT2D eigenvalue weighted by atomic mass is 9.64. The maximum atomic E-state index is 2.49. The molecule has 0 aromatic heterocycles. The molecule has 1 nitrogen and oxygen atoms in total. The molecule has 0 amide bonds. The number of benzene rings is 8. The van der Waals surface area contributed by atoms with Gasteiger partial charge in [-0.1, -0.05) is 194 Å². The van der Waals surface area contributed by atoms with Crippen molar-refractivity contribution in [1.29, 1.82) is 0 Å². The first-order valence-corrected chi connectivity index (χ1v) is 20.0. The van der Waals surface area contributed by atoms with Gasteiger partial charge in [0, 0.05) is 23.0 Å². The van der Waals surface area contributed by atoms with E-state index in [1.807, 2.05) is 0 Å². The van der Waals surface area contributed by atoms with E-state index in [0.717, 1.165) is 23.5 Å². The minimum atomic E-state index is -0.479. The van der Waals surface area contributed by atoms with E-state index in [4.69, 9.17) is 0 Å². The van der Waals surface area contributed by atoms with Gasteiger partial charge in [0.05, 0.1) is 5.41 Å². The van der Waals surface area contributed by atoms with Gasteiger partial charge in [-0.2, -0.15) is 0 Å². The molecule has 8 aromatic carbocycles. The summed E-state index contributed by atoms with van der Waals surface area (Å²) in [7, 11) is 0. The third-order valence-corrected chi connectivity index (χ3v) is 12.0. The van der Waals surface area contributed by atoms with Crippen LogP contribution in [0.3, 0.4) is 0 Å². The van der Waals surface area contributed by atoms with E-state index < -0.39 is 5.41 Å². The summed E-state index contributed by atoms with van der Waals surface area (Å²) in [5.74, 6) is 0.287. The smallest absolute Gasteiger partial charge is 0.0677 e. The van der Waals surface area contributed by atoms with Gasteiger partial charge in [0.2, 0.25) is 0 Å². The van der Waals surface area contributed by atoms with Crippen molar-refractivity contribution in [2.45, 2.75) is 24.7 Å². The van der Waals surface area contributed by atoms with Crippen LogP contribution >= 0.6 is 0 Å². The molecule has 0 saturated heterocycles. The van der Waals surface area contributed by atoms with Crippen molar-refractivity contribution in [3.8, 4) is 22.3 Å². The number of hydrogen-bond donors (Lipinski definition) is 0. The summed E-state index contributed by atoms with van der Waals surface area (Å²) in [6.07, 6.45) is 5.78. The maximum absolute atomic E-state index is 2.49. The fourth-order valence-electron chi connectivity index (χ4n) is 9.26. The summed E-state index contributed by atoms with van der Waals surface area (Å²) in [5, 5.41) is 0. The zero-order chi connectivity index (χ0) is 38.2. The minimum absolute atomic E-state index is 0.287. The molecule has 272 valence electrons. The molecule has 0 heterocycles. The van der Waals surface area contributed by atoms with E-state index >= 15 is 0 Å². The zero-order valence-corrected chi connectivity index (χ0v) is 32.1. The van der Waals surface area contributed by atoms with Crippen LogP contribution in [0.1, 0.15) is 45.7 Å². The van der Waals surface area contributed by atoms with E-state index in [1.54, 1.807) is 0 Å². The third-order valence-electron chi connectivity index (χ3n) is 12.0. The summed E-state index contributed by atoms with van der Waals surface area (Å²) in [6, 6.07) is 78.0. The van der Waals surface area contributed by atoms with E-state index in [2.05, 4.69) is 236 Å². The highest BCUT2D eigenvalue weighted by atomic mass is 15.1.